The molecule has 7 nitrogen and oxygen atoms in total. The monoisotopic (exact) mass is 287 g/mol. The van der Waals surface area contributed by atoms with Gasteiger partial charge in [0.05, 0.1) is 0 Å². The Labute approximate surface area is 110 Å². The van der Waals surface area contributed by atoms with Gasteiger partial charge in [0.2, 0.25) is 0 Å². The van der Waals surface area contributed by atoms with Crippen molar-refractivity contribution in [3.8, 4) is 0 Å². The van der Waals surface area contributed by atoms with Gasteiger partial charge in [0.15, 0.2) is 6.33 Å². The lowest BCUT2D eigenvalue weighted by Crippen LogP contribution is -2.47. The van der Waals surface area contributed by atoms with Gasteiger partial charge >= 0.3 is 12.3 Å². The fraction of sp³-hybridized carbons (Fsp3) is 0.100. The van der Waals surface area contributed by atoms with Crippen LogP contribution in [0.1, 0.15) is 0 Å². The number of alkyl halides is 3. The molecule has 1 aromatic heterocycles. The highest BCUT2D eigenvalue weighted by Crippen LogP contribution is 2.27. The van der Waals surface area contributed by atoms with Crippen LogP contribution >= 0.6 is 0 Å². The Morgan fingerprint density at radius 1 is 1.30 bits per heavy atom. The number of para-hydroxylation sites is 1. The molecular formula is C10H8F3N5O2. The summed E-state index contributed by atoms with van der Waals surface area (Å²) in [6.45, 7) is 0. The van der Waals surface area contributed by atoms with E-state index in [-0.39, 0.29) is 10.4 Å². The highest BCUT2D eigenvalue weighted by Gasteiger charge is 2.45. The number of carbonyl (C=O) groups excluding carboxylic acids is 1. The molecule has 0 aliphatic heterocycles. The predicted molar refractivity (Wildman–Crippen MR) is 61.2 cm³/mol. The minimum absolute atomic E-state index is 0.00192. The zero-order valence-corrected chi connectivity index (χ0v) is 9.74. The van der Waals surface area contributed by atoms with Crippen LogP contribution in [0.5, 0.6) is 0 Å². The number of nitrogens with zero attached hydrogens (tertiary/aromatic N) is 4. The smallest absolute Gasteiger partial charge is 0.424 e. The van der Waals surface area contributed by atoms with Crippen molar-refractivity contribution >= 4 is 17.7 Å². The molecular weight excluding hydrogens is 279 g/mol. The summed E-state index contributed by atoms with van der Waals surface area (Å²) < 4.78 is 38.7. The maximum absolute atomic E-state index is 12.9. The fourth-order valence-corrected chi connectivity index (χ4v) is 1.39. The number of anilines is 2. The highest BCUT2D eigenvalue weighted by molar-refractivity contribution is 6.01. The topological polar surface area (TPSA) is 83.3 Å². The van der Waals surface area contributed by atoms with Crippen LogP contribution in [-0.2, 0) is 0 Å². The molecule has 106 valence electrons. The van der Waals surface area contributed by atoms with E-state index in [1.165, 1.54) is 12.1 Å². The molecule has 0 aliphatic rings. The third kappa shape index (κ3) is 2.79. The van der Waals surface area contributed by atoms with E-state index in [4.69, 9.17) is 5.21 Å². The summed E-state index contributed by atoms with van der Waals surface area (Å²) in [5, 5.41) is 17.3. The van der Waals surface area contributed by atoms with E-state index in [0.29, 0.717) is 6.33 Å². The van der Waals surface area contributed by atoms with Gasteiger partial charge in [-0.2, -0.15) is 4.90 Å². The molecule has 20 heavy (non-hydrogen) atoms. The predicted octanol–water partition coefficient (Wildman–Crippen LogP) is 2.07. The van der Waals surface area contributed by atoms with E-state index in [9.17, 15) is 18.0 Å². The van der Waals surface area contributed by atoms with E-state index < -0.39 is 23.2 Å². The number of benzene rings is 1. The molecule has 0 radical (unpaired) electrons. The minimum Gasteiger partial charge on any atom is -0.424 e. The number of hydrogen-bond donors (Lipinski definition) is 2. The number of urea groups is 1. The third-order valence-corrected chi connectivity index (χ3v) is 2.19. The zero-order valence-electron chi connectivity index (χ0n) is 9.74. The molecule has 0 unspecified atom stereocenters. The van der Waals surface area contributed by atoms with E-state index in [1.54, 1.807) is 18.2 Å². The summed E-state index contributed by atoms with van der Waals surface area (Å²) in [6, 6.07) is 6.03. The van der Waals surface area contributed by atoms with Crippen LogP contribution in [0.25, 0.3) is 0 Å². The number of rotatable bonds is 2. The third-order valence-electron chi connectivity index (χ3n) is 2.19. The van der Waals surface area contributed by atoms with Crippen molar-refractivity contribution < 1.29 is 23.2 Å². The first-order valence-electron chi connectivity index (χ1n) is 5.22. The van der Waals surface area contributed by atoms with Gasteiger partial charge in [-0.05, 0) is 12.1 Å². The van der Waals surface area contributed by atoms with E-state index >= 15 is 0 Å². The second-order valence-corrected chi connectivity index (χ2v) is 3.57. The zero-order chi connectivity index (χ0) is 14.8. The number of amides is 2. The first kappa shape index (κ1) is 13.6. The summed E-state index contributed by atoms with van der Waals surface area (Å²) >= 11 is 0. The molecule has 10 heteroatoms. The Balaban J connectivity index is 2.29. The molecule has 0 fully saturated rings. The second-order valence-electron chi connectivity index (χ2n) is 3.57. The van der Waals surface area contributed by atoms with Crippen LogP contribution in [0.4, 0.5) is 29.6 Å². The largest absolute Gasteiger partial charge is 0.495 e. The van der Waals surface area contributed by atoms with Crippen LogP contribution in [0.2, 0.25) is 0 Å². The van der Waals surface area contributed by atoms with Crippen molar-refractivity contribution in [1.82, 2.24) is 14.9 Å². The molecule has 2 N–H and O–H groups in total. The molecule has 0 saturated carbocycles. The Kier molecular flexibility index (Phi) is 3.46. The van der Waals surface area contributed by atoms with Crippen molar-refractivity contribution in [2.45, 2.75) is 6.30 Å². The molecule has 0 bridgehead atoms. The van der Waals surface area contributed by atoms with Crippen molar-refractivity contribution in [3.05, 3.63) is 36.7 Å². The lowest BCUT2D eigenvalue weighted by molar-refractivity contribution is -0.122. The van der Waals surface area contributed by atoms with Crippen LogP contribution in [0, 0.1) is 0 Å². The molecule has 2 rings (SSSR count). The van der Waals surface area contributed by atoms with Gasteiger partial charge in [-0.25, -0.2) is 4.79 Å². The molecule has 0 aliphatic carbocycles. The van der Waals surface area contributed by atoms with Gasteiger partial charge in [0, 0.05) is 5.69 Å². The van der Waals surface area contributed by atoms with Gasteiger partial charge < -0.3 is 10.5 Å². The Morgan fingerprint density at radius 2 is 1.95 bits per heavy atom. The first-order chi connectivity index (χ1) is 9.39. The van der Waals surface area contributed by atoms with Crippen LogP contribution in [0.15, 0.2) is 36.7 Å². The second kappa shape index (κ2) is 5.07. The normalized spacial score (nSPS) is 11.2. The fourth-order valence-electron chi connectivity index (χ4n) is 1.39. The average Bonchev–Trinajstić information content (AvgIpc) is 2.75. The van der Waals surface area contributed by atoms with Gasteiger partial charge in [0.1, 0.15) is 0 Å². The van der Waals surface area contributed by atoms with E-state index in [2.05, 4.69) is 10.2 Å². The number of aromatic nitrogens is 3. The molecule has 2 aromatic rings. The van der Waals surface area contributed by atoms with E-state index in [0.717, 1.165) is 0 Å². The van der Waals surface area contributed by atoms with Gasteiger partial charge in [0.25, 0.3) is 5.95 Å². The Bertz CT molecular complexity index is 598. The SMILES string of the molecule is O=C(Nc1ccccc1)N(c1nncn1O)C(F)(F)F. The Morgan fingerprint density at radius 3 is 2.45 bits per heavy atom. The maximum Gasteiger partial charge on any atom is 0.495 e. The van der Waals surface area contributed by atoms with Gasteiger partial charge in [-0.15, -0.1) is 28.1 Å². The quantitative estimate of drug-likeness (QED) is 0.654. The molecule has 0 saturated heterocycles. The molecule has 2 amide bonds. The average molecular weight is 287 g/mol. The Hall–Kier alpha value is -2.78. The number of nitrogens with one attached hydrogen (secondary N) is 1. The van der Waals surface area contributed by atoms with Gasteiger partial charge in [-0.3, -0.25) is 0 Å². The van der Waals surface area contributed by atoms with Crippen LogP contribution < -0.4 is 10.2 Å². The number of halogens is 3. The highest BCUT2D eigenvalue weighted by atomic mass is 19.4. The summed E-state index contributed by atoms with van der Waals surface area (Å²) in [7, 11) is 0. The minimum atomic E-state index is -5.08. The van der Waals surface area contributed by atoms with Crippen molar-refractivity contribution in [2.75, 3.05) is 10.2 Å². The summed E-state index contributed by atoms with van der Waals surface area (Å²) in [5.74, 6) is -1.06. The molecule has 0 spiro atoms. The first-order valence-corrected chi connectivity index (χ1v) is 5.22. The number of carbonyl (C=O) groups is 1. The van der Waals surface area contributed by atoms with Crippen molar-refractivity contribution in [3.63, 3.8) is 0 Å². The number of hydrogen-bond acceptors (Lipinski definition) is 4. The summed E-state index contributed by atoms with van der Waals surface area (Å²) in [5.41, 5.74) is 0.163. The van der Waals surface area contributed by atoms with Crippen molar-refractivity contribution in [1.29, 1.82) is 0 Å². The molecule has 1 heterocycles. The lowest BCUT2D eigenvalue weighted by atomic mass is 10.3. The lowest BCUT2D eigenvalue weighted by Gasteiger charge is -2.22. The van der Waals surface area contributed by atoms with Crippen LogP contribution in [-0.4, -0.2) is 32.5 Å². The molecule has 1 aromatic carbocycles. The van der Waals surface area contributed by atoms with Gasteiger partial charge in [-0.1, -0.05) is 18.2 Å². The van der Waals surface area contributed by atoms with E-state index in [1.807, 2.05) is 5.32 Å². The summed E-state index contributed by atoms with van der Waals surface area (Å²) in [4.78, 5) is 11.1. The van der Waals surface area contributed by atoms with Crippen molar-refractivity contribution in [2.24, 2.45) is 0 Å². The van der Waals surface area contributed by atoms with Crippen LogP contribution in [0.3, 0.4) is 0 Å². The summed E-state index contributed by atoms with van der Waals surface area (Å²) in [6.07, 6.45) is -4.45. The standard InChI is InChI=1S/C10H8F3N5O2/c11-10(12,13)18(8-16-14-6-17(8)20)9(19)15-7-4-2-1-3-5-7/h1-6,20H,(H,15,19). The maximum atomic E-state index is 12.9. The molecule has 0 atom stereocenters.